The Morgan fingerprint density at radius 2 is 2.00 bits per heavy atom. The average Bonchev–Trinajstić information content (AvgIpc) is 3.30. The van der Waals surface area contributed by atoms with Crippen LogP contribution in [0.4, 0.5) is 0 Å². The van der Waals surface area contributed by atoms with Gasteiger partial charge < -0.3 is 20.0 Å². The van der Waals surface area contributed by atoms with Crippen molar-refractivity contribution >= 4 is 17.7 Å². The minimum absolute atomic E-state index is 0.150. The molecule has 7 heteroatoms. The van der Waals surface area contributed by atoms with E-state index < -0.39 is 5.54 Å². The molecule has 1 aromatic heterocycles. The standard InChI is InChI=1S/C19H29N3O4/c1-4-19(3,18(25)21-15-8-5-6-9-15)22(13-16-10-7-11-26-16)17(24)12-20-14(2)23/h7,10-11,15H,4-6,8-9,12-13H2,1-3H3,(H,20,23)(H,21,25)/t19-/m1/s1. The first kappa shape index (κ1) is 20.0. The minimum atomic E-state index is -1.02. The van der Waals surface area contributed by atoms with E-state index in [1.165, 1.54) is 18.1 Å². The first-order chi connectivity index (χ1) is 12.4. The molecule has 0 bridgehead atoms. The van der Waals surface area contributed by atoms with Gasteiger partial charge in [-0.25, -0.2) is 0 Å². The van der Waals surface area contributed by atoms with E-state index >= 15 is 0 Å². The summed E-state index contributed by atoms with van der Waals surface area (Å²) in [6, 6.07) is 3.68. The van der Waals surface area contributed by atoms with Gasteiger partial charge in [0.2, 0.25) is 17.7 Å². The molecule has 1 aliphatic rings. The van der Waals surface area contributed by atoms with Crippen LogP contribution in [-0.2, 0) is 20.9 Å². The highest BCUT2D eigenvalue weighted by Gasteiger charge is 2.41. The molecule has 0 radical (unpaired) electrons. The molecule has 0 spiro atoms. The maximum Gasteiger partial charge on any atom is 0.245 e. The predicted octanol–water partition coefficient (Wildman–Crippen LogP) is 1.97. The second-order valence-electron chi connectivity index (χ2n) is 7.05. The Hall–Kier alpha value is -2.31. The number of amides is 3. The molecule has 1 fully saturated rings. The van der Waals surface area contributed by atoms with E-state index in [-0.39, 0.29) is 36.9 Å². The third-order valence-corrected chi connectivity index (χ3v) is 5.15. The summed E-state index contributed by atoms with van der Waals surface area (Å²) in [4.78, 5) is 38.5. The van der Waals surface area contributed by atoms with Crippen LogP contribution in [0.2, 0.25) is 0 Å². The smallest absolute Gasteiger partial charge is 0.245 e. The molecule has 3 amide bonds. The number of carbonyl (C=O) groups excluding carboxylic acids is 3. The van der Waals surface area contributed by atoms with Crippen molar-refractivity contribution in [2.45, 2.75) is 71.0 Å². The second-order valence-corrected chi connectivity index (χ2v) is 7.05. The van der Waals surface area contributed by atoms with E-state index in [0.29, 0.717) is 12.2 Å². The quantitative estimate of drug-likeness (QED) is 0.739. The van der Waals surface area contributed by atoms with Crippen LogP contribution in [0.1, 0.15) is 58.6 Å². The van der Waals surface area contributed by atoms with Gasteiger partial charge in [0.25, 0.3) is 0 Å². The summed E-state index contributed by atoms with van der Waals surface area (Å²) in [5.74, 6) is -0.170. The summed E-state index contributed by atoms with van der Waals surface area (Å²) in [6.45, 7) is 5.03. The number of hydrogen-bond donors (Lipinski definition) is 2. The number of rotatable bonds is 8. The van der Waals surface area contributed by atoms with Crippen molar-refractivity contribution in [3.05, 3.63) is 24.2 Å². The van der Waals surface area contributed by atoms with Crippen LogP contribution in [0, 0.1) is 0 Å². The Bertz CT molecular complexity index is 623. The Balaban J connectivity index is 2.21. The third-order valence-electron chi connectivity index (χ3n) is 5.15. The van der Waals surface area contributed by atoms with Crippen molar-refractivity contribution in [2.75, 3.05) is 6.54 Å². The molecule has 0 saturated heterocycles. The van der Waals surface area contributed by atoms with Crippen LogP contribution < -0.4 is 10.6 Å². The van der Waals surface area contributed by atoms with Gasteiger partial charge in [-0.1, -0.05) is 19.8 Å². The van der Waals surface area contributed by atoms with E-state index in [2.05, 4.69) is 10.6 Å². The van der Waals surface area contributed by atoms with E-state index in [1.807, 2.05) is 6.92 Å². The van der Waals surface area contributed by atoms with E-state index in [4.69, 9.17) is 4.42 Å². The summed E-state index contributed by atoms with van der Waals surface area (Å²) in [5.41, 5.74) is -1.02. The maximum atomic E-state index is 13.0. The molecule has 1 heterocycles. The number of carbonyl (C=O) groups is 3. The van der Waals surface area contributed by atoms with Gasteiger partial charge in [0.05, 0.1) is 19.4 Å². The molecule has 1 atom stereocenters. The fourth-order valence-corrected chi connectivity index (χ4v) is 3.28. The van der Waals surface area contributed by atoms with Gasteiger partial charge in [0.15, 0.2) is 0 Å². The highest BCUT2D eigenvalue weighted by atomic mass is 16.3. The van der Waals surface area contributed by atoms with Crippen LogP contribution in [0.5, 0.6) is 0 Å². The average molecular weight is 363 g/mol. The fraction of sp³-hybridized carbons (Fsp3) is 0.632. The normalized spacial score (nSPS) is 16.7. The molecule has 0 aliphatic heterocycles. The molecule has 1 saturated carbocycles. The molecule has 144 valence electrons. The van der Waals surface area contributed by atoms with Gasteiger partial charge >= 0.3 is 0 Å². The summed E-state index contributed by atoms with van der Waals surface area (Å²) in [6.07, 6.45) is 6.18. The summed E-state index contributed by atoms with van der Waals surface area (Å²) >= 11 is 0. The SMILES string of the molecule is CC[C@](C)(C(=O)NC1CCCC1)N(Cc1ccco1)C(=O)CNC(C)=O. The lowest BCUT2D eigenvalue weighted by Gasteiger charge is -2.39. The summed E-state index contributed by atoms with van der Waals surface area (Å²) < 4.78 is 5.38. The first-order valence-electron chi connectivity index (χ1n) is 9.25. The van der Waals surface area contributed by atoms with Crippen molar-refractivity contribution in [1.29, 1.82) is 0 Å². The van der Waals surface area contributed by atoms with Crippen LogP contribution in [0.25, 0.3) is 0 Å². The van der Waals surface area contributed by atoms with Crippen LogP contribution in [-0.4, -0.2) is 40.7 Å². The monoisotopic (exact) mass is 363 g/mol. The van der Waals surface area contributed by atoms with Crippen LogP contribution >= 0.6 is 0 Å². The Morgan fingerprint density at radius 3 is 2.54 bits per heavy atom. The number of nitrogens with zero attached hydrogens (tertiary/aromatic N) is 1. The molecule has 0 unspecified atom stereocenters. The number of furan rings is 1. The Morgan fingerprint density at radius 1 is 1.31 bits per heavy atom. The van der Waals surface area contributed by atoms with Crippen molar-refractivity contribution < 1.29 is 18.8 Å². The van der Waals surface area contributed by atoms with Gasteiger partial charge in [-0.05, 0) is 38.3 Å². The van der Waals surface area contributed by atoms with Gasteiger partial charge in [-0.2, -0.15) is 0 Å². The van der Waals surface area contributed by atoms with Crippen molar-refractivity contribution in [2.24, 2.45) is 0 Å². The topological polar surface area (TPSA) is 91.7 Å². The third kappa shape index (κ3) is 4.86. The zero-order valence-corrected chi connectivity index (χ0v) is 15.8. The molecule has 0 aromatic carbocycles. The molecule has 2 rings (SSSR count). The number of nitrogens with one attached hydrogen (secondary N) is 2. The van der Waals surface area contributed by atoms with Crippen molar-refractivity contribution in [3.63, 3.8) is 0 Å². The largest absolute Gasteiger partial charge is 0.467 e. The molecular weight excluding hydrogens is 334 g/mol. The first-order valence-corrected chi connectivity index (χ1v) is 9.25. The molecular formula is C19H29N3O4. The highest BCUT2D eigenvalue weighted by molar-refractivity contribution is 5.92. The summed E-state index contributed by atoms with van der Waals surface area (Å²) in [5, 5.41) is 5.62. The maximum absolute atomic E-state index is 13.0. The zero-order valence-electron chi connectivity index (χ0n) is 15.8. The molecule has 1 aromatic rings. The van der Waals surface area contributed by atoms with Crippen molar-refractivity contribution in [3.8, 4) is 0 Å². The van der Waals surface area contributed by atoms with Gasteiger partial charge in [-0.15, -0.1) is 0 Å². The van der Waals surface area contributed by atoms with E-state index in [1.54, 1.807) is 19.1 Å². The van der Waals surface area contributed by atoms with Gasteiger partial charge in [0.1, 0.15) is 11.3 Å². The lowest BCUT2D eigenvalue weighted by atomic mass is 9.93. The van der Waals surface area contributed by atoms with Crippen molar-refractivity contribution in [1.82, 2.24) is 15.5 Å². The van der Waals surface area contributed by atoms with Crippen LogP contribution in [0.3, 0.4) is 0 Å². The lowest BCUT2D eigenvalue weighted by molar-refractivity contribution is -0.148. The number of hydrogen-bond acceptors (Lipinski definition) is 4. The minimum Gasteiger partial charge on any atom is -0.467 e. The fourth-order valence-electron chi connectivity index (χ4n) is 3.28. The predicted molar refractivity (Wildman–Crippen MR) is 97.0 cm³/mol. The van der Waals surface area contributed by atoms with Crippen LogP contribution in [0.15, 0.2) is 22.8 Å². The zero-order chi connectivity index (χ0) is 19.2. The van der Waals surface area contributed by atoms with E-state index in [9.17, 15) is 14.4 Å². The Kier molecular flexibility index (Phi) is 6.83. The van der Waals surface area contributed by atoms with E-state index in [0.717, 1.165) is 25.7 Å². The Labute approximate surface area is 154 Å². The molecule has 7 nitrogen and oxygen atoms in total. The molecule has 1 aliphatic carbocycles. The molecule has 2 N–H and O–H groups in total. The second kappa shape index (κ2) is 8.87. The highest BCUT2D eigenvalue weighted by Crippen LogP contribution is 2.25. The summed E-state index contributed by atoms with van der Waals surface area (Å²) in [7, 11) is 0. The van der Waals surface area contributed by atoms with Gasteiger partial charge in [-0.3, -0.25) is 14.4 Å². The van der Waals surface area contributed by atoms with Gasteiger partial charge in [0, 0.05) is 13.0 Å². The molecule has 26 heavy (non-hydrogen) atoms. The lowest BCUT2D eigenvalue weighted by Crippen LogP contribution is -2.60.